The van der Waals surface area contributed by atoms with Crippen LogP contribution in [-0.2, 0) is 0 Å². The number of allylic oxidation sites excluding steroid dienone is 2. The Hall–Kier alpha value is -0.830. The van der Waals surface area contributed by atoms with Crippen molar-refractivity contribution in [1.82, 2.24) is 10.2 Å². The quantitative estimate of drug-likeness (QED) is 0.568. The molecule has 2 nitrogen and oxygen atoms in total. The second-order valence-electron chi connectivity index (χ2n) is 4.34. The molecule has 0 radical (unpaired) electrons. The van der Waals surface area contributed by atoms with E-state index in [1.807, 2.05) is 6.08 Å². The minimum Gasteiger partial charge on any atom is -0.359 e. The van der Waals surface area contributed by atoms with E-state index in [1.54, 1.807) is 0 Å². The van der Waals surface area contributed by atoms with Gasteiger partial charge in [-0.2, -0.15) is 0 Å². The Morgan fingerprint density at radius 2 is 2.00 bits per heavy atom. The lowest BCUT2D eigenvalue weighted by molar-refractivity contribution is 0.411. The molecule has 0 saturated carbocycles. The molecule has 2 aliphatic rings. The van der Waals surface area contributed by atoms with Crippen LogP contribution in [0.1, 0.15) is 12.8 Å². The summed E-state index contributed by atoms with van der Waals surface area (Å²) in [6, 6.07) is 0. The third-order valence-corrected chi connectivity index (χ3v) is 3.71. The lowest BCUT2D eigenvalue weighted by Gasteiger charge is -2.19. The van der Waals surface area contributed by atoms with E-state index in [2.05, 4.69) is 28.9 Å². The fourth-order valence-electron chi connectivity index (χ4n) is 2.45. The molecule has 1 fully saturated rings. The van der Waals surface area contributed by atoms with Gasteiger partial charge in [0.05, 0.1) is 0 Å². The first-order valence-electron chi connectivity index (χ1n) is 5.60. The fourth-order valence-corrected chi connectivity index (χ4v) is 2.68. The molecule has 0 aromatic carbocycles. The first-order valence-corrected chi connectivity index (χ1v) is 6.00. The third kappa shape index (κ3) is 2.40. The minimum absolute atomic E-state index is 0.767. The Morgan fingerprint density at radius 1 is 1.40 bits per heavy atom. The Bertz CT molecular complexity index is 269. The summed E-state index contributed by atoms with van der Waals surface area (Å²) in [5.74, 6) is 1.64. The van der Waals surface area contributed by atoms with Gasteiger partial charge in [0.1, 0.15) is 0 Å². The van der Waals surface area contributed by atoms with Crippen LogP contribution in [-0.4, -0.2) is 29.6 Å². The molecule has 1 heterocycles. The molecule has 1 saturated heterocycles. The van der Waals surface area contributed by atoms with Gasteiger partial charge in [-0.25, -0.2) is 0 Å². The van der Waals surface area contributed by atoms with Gasteiger partial charge in [-0.15, -0.1) is 6.58 Å². The molecule has 2 atom stereocenters. The normalized spacial score (nSPS) is 28.7. The average Bonchev–Trinajstić information content (AvgIpc) is 2.69. The largest absolute Gasteiger partial charge is 0.359 e. The van der Waals surface area contributed by atoms with Gasteiger partial charge in [-0.05, 0) is 36.9 Å². The summed E-state index contributed by atoms with van der Waals surface area (Å²) in [6.45, 7) is 6.69. The lowest BCUT2D eigenvalue weighted by atomic mass is 9.86. The monoisotopic (exact) mass is 222 g/mol. The van der Waals surface area contributed by atoms with Crippen LogP contribution in [0.2, 0.25) is 0 Å². The maximum absolute atomic E-state index is 5.35. The highest BCUT2D eigenvalue weighted by Crippen LogP contribution is 2.32. The molecule has 0 spiro atoms. The first-order chi connectivity index (χ1) is 7.31. The summed E-state index contributed by atoms with van der Waals surface area (Å²) >= 11 is 5.35. The molecule has 1 N–H and O–H groups in total. The summed E-state index contributed by atoms with van der Waals surface area (Å²) in [5.41, 5.74) is 0. The minimum atomic E-state index is 0.767. The van der Waals surface area contributed by atoms with Crippen LogP contribution in [0.4, 0.5) is 0 Å². The van der Waals surface area contributed by atoms with Crippen LogP contribution < -0.4 is 5.32 Å². The van der Waals surface area contributed by atoms with Crippen LogP contribution in [0.25, 0.3) is 0 Å². The molecule has 2 rings (SSSR count). The molecule has 0 bridgehead atoms. The topological polar surface area (TPSA) is 15.3 Å². The predicted octanol–water partition coefficient (Wildman–Crippen LogP) is 1.94. The van der Waals surface area contributed by atoms with E-state index in [9.17, 15) is 0 Å². The Kier molecular flexibility index (Phi) is 3.41. The van der Waals surface area contributed by atoms with Crippen LogP contribution in [0.15, 0.2) is 24.8 Å². The van der Waals surface area contributed by atoms with Gasteiger partial charge in [0.2, 0.25) is 0 Å². The summed E-state index contributed by atoms with van der Waals surface area (Å²) in [7, 11) is 0. The van der Waals surface area contributed by atoms with Gasteiger partial charge in [0, 0.05) is 19.6 Å². The van der Waals surface area contributed by atoms with Crippen molar-refractivity contribution in [2.45, 2.75) is 12.8 Å². The van der Waals surface area contributed by atoms with Gasteiger partial charge >= 0.3 is 0 Å². The third-order valence-electron chi connectivity index (χ3n) is 3.31. The highest BCUT2D eigenvalue weighted by atomic mass is 32.1. The molecule has 0 amide bonds. The molecule has 1 aliphatic heterocycles. The van der Waals surface area contributed by atoms with Crippen molar-refractivity contribution in [3.8, 4) is 0 Å². The smallest absolute Gasteiger partial charge is 0.169 e. The van der Waals surface area contributed by atoms with Gasteiger partial charge in [-0.1, -0.05) is 18.2 Å². The van der Waals surface area contributed by atoms with Gasteiger partial charge in [0.15, 0.2) is 5.11 Å². The summed E-state index contributed by atoms with van der Waals surface area (Å²) < 4.78 is 0. The van der Waals surface area contributed by atoms with E-state index in [0.717, 1.165) is 36.6 Å². The van der Waals surface area contributed by atoms with Crippen molar-refractivity contribution < 1.29 is 0 Å². The lowest BCUT2D eigenvalue weighted by Crippen LogP contribution is -2.38. The zero-order valence-electron chi connectivity index (χ0n) is 8.98. The number of hydrogen-bond donors (Lipinski definition) is 1. The predicted molar refractivity (Wildman–Crippen MR) is 67.7 cm³/mol. The van der Waals surface area contributed by atoms with Gasteiger partial charge in [0.25, 0.3) is 0 Å². The van der Waals surface area contributed by atoms with E-state index in [0.29, 0.717) is 0 Å². The van der Waals surface area contributed by atoms with E-state index in [-0.39, 0.29) is 0 Å². The van der Waals surface area contributed by atoms with Crippen molar-refractivity contribution in [1.29, 1.82) is 0 Å². The number of likely N-dealkylation sites (tertiary alicyclic amines) is 1. The van der Waals surface area contributed by atoms with Crippen LogP contribution >= 0.6 is 12.2 Å². The second kappa shape index (κ2) is 4.79. The molecule has 2 unspecified atom stereocenters. The summed E-state index contributed by atoms with van der Waals surface area (Å²) in [4.78, 5) is 2.31. The summed E-state index contributed by atoms with van der Waals surface area (Å²) in [5, 5.41) is 4.10. The number of thiocarbonyl (C=S) groups is 1. The summed E-state index contributed by atoms with van der Waals surface area (Å²) in [6.07, 6.45) is 8.92. The molecule has 3 heteroatoms. The van der Waals surface area contributed by atoms with Gasteiger partial charge in [-0.3, -0.25) is 0 Å². The van der Waals surface area contributed by atoms with Crippen molar-refractivity contribution in [2.75, 3.05) is 19.6 Å². The van der Waals surface area contributed by atoms with Crippen molar-refractivity contribution >= 4 is 17.3 Å². The van der Waals surface area contributed by atoms with Gasteiger partial charge < -0.3 is 10.2 Å². The highest BCUT2D eigenvalue weighted by Gasteiger charge is 2.33. The SMILES string of the molecule is C=CCNC(=S)N1CC2CC=CCC2C1. The molecule has 15 heavy (non-hydrogen) atoms. The maximum atomic E-state index is 5.35. The first kappa shape index (κ1) is 10.7. The van der Waals surface area contributed by atoms with Crippen molar-refractivity contribution in [2.24, 2.45) is 11.8 Å². The van der Waals surface area contributed by atoms with E-state index < -0.39 is 0 Å². The van der Waals surface area contributed by atoms with Crippen molar-refractivity contribution in [3.05, 3.63) is 24.8 Å². The number of nitrogens with one attached hydrogen (secondary N) is 1. The van der Waals surface area contributed by atoms with Crippen LogP contribution in [0, 0.1) is 11.8 Å². The fraction of sp³-hybridized carbons (Fsp3) is 0.583. The van der Waals surface area contributed by atoms with E-state index in [4.69, 9.17) is 12.2 Å². The standard InChI is InChI=1S/C12H18N2S/c1-2-7-13-12(15)14-8-10-5-3-4-6-11(10)9-14/h2-4,10-11H,1,5-9H2,(H,13,15). The van der Waals surface area contributed by atoms with Crippen molar-refractivity contribution in [3.63, 3.8) is 0 Å². The Balaban J connectivity index is 1.87. The Labute approximate surface area is 97.0 Å². The Morgan fingerprint density at radius 3 is 2.53 bits per heavy atom. The average molecular weight is 222 g/mol. The number of hydrogen-bond acceptors (Lipinski definition) is 1. The van der Waals surface area contributed by atoms with E-state index in [1.165, 1.54) is 12.8 Å². The maximum Gasteiger partial charge on any atom is 0.169 e. The number of fused-ring (bicyclic) bond motifs is 1. The molecule has 0 aromatic heterocycles. The molecule has 82 valence electrons. The number of nitrogens with zero attached hydrogens (tertiary/aromatic N) is 1. The van der Waals surface area contributed by atoms with E-state index >= 15 is 0 Å². The molecular weight excluding hydrogens is 204 g/mol. The zero-order chi connectivity index (χ0) is 10.7. The van der Waals surface area contributed by atoms with Crippen LogP contribution in [0.5, 0.6) is 0 Å². The van der Waals surface area contributed by atoms with Crippen LogP contribution in [0.3, 0.4) is 0 Å². The highest BCUT2D eigenvalue weighted by molar-refractivity contribution is 7.80. The zero-order valence-corrected chi connectivity index (χ0v) is 9.80. The number of rotatable bonds is 2. The molecule has 0 aromatic rings. The molecule has 1 aliphatic carbocycles. The molecular formula is C12H18N2S. The second-order valence-corrected chi connectivity index (χ2v) is 4.73.